The largest absolute Gasteiger partial charge is 0.478 e. The van der Waals surface area contributed by atoms with Crippen molar-refractivity contribution in [3.8, 4) is 0 Å². The third-order valence-electron chi connectivity index (χ3n) is 1.90. The van der Waals surface area contributed by atoms with E-state index in [1.54, 1.807) is 0 Å². The molecule has 0 spiro atoms. The van der Waals surface area contributed by atoms with Crippen LogP contribution in [0.4, 0.5) is 0 Å². The molecule has 84 valence electrons. The van der Waals surface area contributed by atoms with Crippen LogP contribution in [-0.4, -0.2) is 17.0 Å². The number of hydrogen-bond acceptors (Lipinski definition) is 3. The number of carboxylic acid groups (broad SMARTS) is 1. The van der Waals surface area contributed by atoms with Gasteiger partial charge in [-0.05, 0) is 12.5 Å². The Labute approximate surface area is 93.2 Å². The molecular weight excluding hydrogens is 208 g/mol. The van der Waals surface area contributed by atoms with Gasteiger partial charge in [0.25, 0.3) is 0 Å². The average Bonchev–Trinajstić information content (AvgIpc) is 2.27. The lowest BCUT2D eigenvalue weighted by atomic mass is 10.2. The second-order valence-corrected chi connectivity index (χ2v) is 3.23. The molecule has 1 aromatic carbocycles. The van der Waals surface area contributed by atoms with E-state index in [1.165, 1.54) is 6.92 Å². The minimum atomic E-state index is -1.13. The molecule has 0 aliphatic carbocycles. The maximum Gasteiger partial charge on any atom is 0.331 e. The highest BCUT2D eigenvalue weighted by Crippen LogP contribution is 2.02. The van der Waals surface area contributed by atoms with Gasteiger partial charge < -0.3 is 9.84 Å². The maximum absolute atomic E-state index is 11.2. The zero-order valence-electron chi connectivity index (χ0n) is 8.84. The molecule has 4 heteroatoms. The summed E-state index contributed by atoms with van der Waals surface area (Å²) in [5.74, 6) is -1.78. The van der Waals surface area contributed by atoms with Gasteiger partial charge in [0.2, 0.25) is 0 Å². The Kier molecular flexibility index (Phi) is 4.27. The molecule has 1 rings (SSSR count). The smallest absolute Gasteiger partial charge is 0.331 e. The highest BCUT2D eigenvalue weighted by Gasteiger charge is 2.05. The van der Waals surface area contributed by atoms with Crippen molar-refractivity contribution in [2.75, 3.05) is 0 Å². The molecule has 0 saturated carbocycles. The van der Waals surface area contributed by atoms with Gasteiger partial charge in [-0.3, -0.25) is 0 Å². The molecule has 16 heavy (non-hydrogen) atoms. The van der Waals surface area contributed by atoms with E-state index < -0.39 is 11.9 Å². The van der Waals surface area contributed by atoms with Gasteiger partial charge in [0, 0.05) is 11.6 Å². The van der Waals surface area contributed by atoms with E-state index in [1.807, 2.05) is 30.3 Å². The lowest BCUT2D eigenvalue weighted by Crippen LogP contribution is -2.05. The van der Waals surface area contributed by atoms with Crippen LogP contribution in [0.1, 0.15) is 12.5 Å². The van der Waals surface area contributed by atoms with Crippen molar-refractivity contribution in [3.63, 3.8) is 0 Å². The molecule has 0 heterocycles. The summed E-state index contributed by atoms with van der Waals surface area (Å²) in [6, 6.07) is 9.17. The Morgan fingerprint density at radius 3 is 2.50 bits per heavy atom. The first-order valence-corrected chi connectivity index (χ1v) is 4.72. The van der Waals surface area contributed by atoms with E-state index in [0.29, 0.717) is 0 Å². The first-order valence-electron chi connectivity index (χ1n) is 4.72. The first kappa shape index (κ1) is 12.0. The molecule has 0 aromatic heterocycles. The summed E-state index contributed by atoms with van der Waals surface area (Å²) in [6.45, 7) is 1.48. The van der Waals surface area contributed by atoms with Gasteiger partial charge in [-0.1, -0.05) is 30.3 Å². The number of benzene rings is 1. The molecule has 0 bridgehead atoms. The third kappa shape index (κ3) is 3.96. The van der Waals surface area contributed by atoms with Gasteiger partial charge in [0.15, 0.2) is 0 Å². The highest BCUT2D eigenvalue weighted by atomic mass is 16.5. The molecule has 0 aliphatic rings. The summed E-state index contributed by atoms with van der Waals surface area (Å²) in [7, 11) is 0. The van der Waals surface area contributed by atoms with E-state index in [0.717, 1.165) is 11.6 Å². The molecule has 0 unspecified atom stereocenters. The molecule has 0 saturated heterocycles. The minimum absolute atomic E-state index is 0.0435. The van der Waals surface area contributed by atoms with Gasteiger partial charge >= 0.3 is 11.9 Å². The van der Waals surface area contributed by atoms with Crippen molar-refractivity contribution < 1.29 is 19.4 Å². The summed E-state index contributed by atoms with van der Waals surface area (Å²) in [4.78, 5) is 21.6. The van der Waals surface area contributed by atoms with Crippen molar-refractivity contribution in [1.82, 2.24) is 0 Å². The van der Waals surface area contributed by atoms with Crippen molar-refractivity contribution in [3.05, 3.63) is 47.5 Å². The lowest BCUT2D eigenvalue weighted by molar-refractivity contribution is -0.140. The molecule has 4 nitrogen and oxygen atoms in total. The number of carboxylic acids is 1. The van der Waals surface area contributed by atoms with E-state index in [4.69, 9.17) is 9.84 Å². The number of ether oxygens (including phenoxy) is 1. The standard InChI is InChI=1S/C12H12O4/c1-9(12(14)15)7-11(13)16-8-10-5-3-2-4-6-10/h2-7H,8H2,1H3,(H,14,15)/b9-7-. The van der Waals surface area contributed by atoms with Crippen molar-refractivity contribution in [1.29, 1.82) is 0 Å². The molecule has 0 radical (unpaired) electrons. The lowest BCUT2D eigenvalue weighted by Gasteiger charge is -2.01. The molecule has 0 atom stereocenters. The maximum atomic E-state index is 11.2. The van der Waals surface area contributed by atoms with Crippen LogP contribution in [0.2, 0.25) is 0 Å². The second-order valence-electron chi connectivity index (χ2n) is 3.23. The van der Waals surface area contributed by atoms with Crippen LogP contribution in [-0.2, 0) is 20.9 Å². The number of hydrogen-bond donors (Lipinski definition) is 1. The van der Waals surface area contributed by atoms with Gasteiger partial charge in [0.1, 0.15) is 6.61 Å². The first-order chi connectivity index (χ1) is 7.59. The SMILES string of the molecule is C/C(=C/C(=O)OCc1ccccc1)C(=O)O. The zero-order valence-corrected chi connectivity index (χ0v) is 8.84. The van der Waals surface area contributed by atoms with Gasteiger partial charge in [-0.25, -0.2) is 9.59 Å². The number of carbonyl (C=O) groups excluding carboxylic acids is 1. The summed E-state index contributed by atoms with van der Waals surface area (Å²) < 4.78 is 4.87. The molecular formula is C12H12O4. The van der Waals surface area contributed by atoms with Crippen molar-refractivity contribution in [2.24, 2.45) is 0 Å². The highest BCUT2D eigenvalue weighted by molar-refractivity contribution is 5.94. The minimum Gasteiger partial charge on any atom is -0.478 e. The summed E-state index contributed by atoms with van der Waals surface area (Å²) in [6.07, 6.45) is 0.964. The Morgan fingerprint density at radius 1 is 1.31 bits per heavy atom. The second kappa shape index (κ2) is 5.70. The van der Waals surface area contributed by atoms with E-state index >= 15 is 0 Å². The predicted molar refractivity (Wildman–Crippen MR) is 57.6 cm³/mol. The Bertz CT molecular complexity index is 406. The third-order valence-corrected chi connectivity index (χ3v) is 1.90. The average molecular weight is 220 g/mol. The zero-order chi connectivity index (χ0) is 12.0. The molecule has 1 N–H and O–H groups in total. The predicted octanol–water partition coefficient (Wildman–Crippen LogP) is 1.76. The fraction of sp³-hybridized carbons (Fsp3) is 0.167. The number of carbonyl (C=O) groups is 2. The molecule has 0 aliphatic heterocycles. The topological polar surface area (TPSA) is 63.6 Å². The van der Waals surface area contributed by atoms with Gasteiger partial charge in [-0.2, -0.15) is 0 Å². The molecule has 0 amide bonds. The number of rotatable bonds is 4. The van der Waals surface area contributed by atoms with Crippen LogP contribution in [0.15, 0.2) is 42.0 Å². The fourth-order valence-corrected chi connectivity index (χ4v) is 1.01. The Balaban J connectivity index is 2.48. The Morgan fingerprint density at radius 2 is 1.94 bits per heavy atom. The van der Waals surface area contributed by atoms with Crippen LogP contribution in [0.3, 0.4) is 0 Å². The van der Waals surface area contributed by atoms with Crippen molar-refractivity contribution >= 4 is 11.9 Å². The summed E-state index contributed by atoms with van der Waals surface area (Å²) in [5, 5.41) is 8.54. The van der Waals surface area contributed by atoms with Crippen LogP contribution >= 0.6 is 0 Å². The quantitative estimate of drug-likeness (QED) is 0.620. The molecule has 0 fully saturated rings. The Hall–Kier alpha value is -2.10. The van der Waals surface area contributed by atoms with Crippen LogP contribution in [0.5, 0.6) is 0 Å². The van der Waals surface area contributed by atoms with Gasteiger partial charge in [-0.15, -0.1) is 0 Å². The van der Waals surface area contributed by atoms with Gasteiger partial charge in [0.05, 0.1) is 0 Å². The summed E-state index contributed by atoms with van der Waals surface area (Å²) >= 11 is 0. The van der Waals surface area contributed by atoms with E-state index in [9.17, 15) is 9.59 Å². The normalized spacial score (nSPS) is 10.9. The van der Waals surface area contributed by atoms with Crippen LogP contribution < -0.4 is 0 Å². The monoisotopic (exact) mass is 220 g/mol. The van der Waals surface area contributed by atoms with E-state index in [-0.39, 0.29) is 12.2 Å². The van der Waals surface area contributed by atoms with Crippen LogP contribution in [0.25, 0.3) is 0 Å². The van der Waals surface area contributed by atoms with E-state index in [2.05, 4.69) is 0 Å². The molecule has 1 aromatic rings. The fourth-order valence-electron chi connectivity index (χ4n) is 1.01. The van der Waals surface area contributed by atoms with Crippen LogP contribution in [0, 0.1) is 0 Å². The number of esters is 1. The summed E-state index contributed by atoms with van der Waals surface area (Å²) in [5.41, 5.74) is 0.815. The van der Waals surface area contributed by atoms with Crippen molar-refractivity contribution in [2.45, 2.75) is 13.5 Å². The number of aliphatic carboxylic acids is 1.